The highest BCUT2D eigenvalue weighted by Gasteiger charge is 2.23. The quantitative estimate of drug-likeness (QED) is 0.849. The Hall–Kier alpha value is -2.40. The number of alkyl halides is 2. The van der Waals surface area contributed by atoms with Crippen molar-refractivity contribution >= 4 is 34.8 Å². The number of fused-ring (bicyclic) bond motifs is 1. The molecular formula is C16H10ClF2NO2. The van der Waals surface area contributed by atoms with Gasteiger partial charge in [0, 0.05) is 21.8 Å². The van der Waals surface area contributed by atoms with Crippen molar-refractivity contribution in [1.29, 1.82) is 0 Å². The Labute approximate surface area is 130 Å². The Bertz CT molecular complexity index is 774. The summed E-state index contributed by atoms with van der Waals surface area (Å²) in [7, 11) is 0. The lowest BCUT2D eigenvalue weighted by Crippen LogP contribution is -2.04. The van der Waals surface area contributed by atoms with E-state index in [1.807, 2.05) is 12.1 Å². The number of halogens is 3. The standard InChI is InChI=1S/C16H10ClF2NO2/c17-13-6-5-10(22-16(18)19)7-9(13)8-12-11-3-1-2-4-14(11)20-15(12)21/h1-8,16H,(H,20,21)/b12-8-. The molecule has 1 heterocycles. The Morgan fingerprint density at radius 2 is 1.95 bits per heavy atom. The molecule has 1 N–H and O–H groups in total. The molecule has 2 aromatic carbocycles. The lowest BCUT2D eigenvalue weighted by Gasteiger charge is -2.07. The predicted octanol–water partition coefficient (Wildman–Crippen LogP) is 4.43. The van der Waals surface area contributed by atoms with Crippen molar-refractivity contribution in [3.05, 3.63) is 58.6 Å². The fourth-order valence-corrected chi connectivity index (χ4v) is 2.42. The monoisotopic (exact) mass is 321 g/mol. The smallest absolute Gasteiger partial charge is 0.387 e. The summed E-state index contributed by atoms with van der Waals surface area (Å²) in [5.74, 6) is -0.282. The van der Waals surface area contributed by atoms with Gasteiger partial charge >= 0.3 is 6.61 Å². The van der Waals surface area contributed by atoms with Crippen LogP contribution in [0.5, 0.6) is 5.75 Å². The third-order valence-corrected chi connectivity index (χ3v) is 3.55. The van der Waals surface area contributed by atoms with Gasteiger partial charge in [0.25, 0.3) is 5.91 Å². The van der Waals surface area contributed by atoms with Gasteiger partial charge < -0.3 is 10.1 Å². The molecule has 2 aromatic rings. The Balaban J connectivity index is 2.03. The molecule has 0 unspecified atom stereocenters. The van der Waals surface area contributed by atoms with Crippen molar-refractivity contribution in [3.63, 3.8) is 0 Å². The molecular weight excluding hydrogens is 312 g/mol. The van der Waals surface area contributed by atoms with Crippen LogP contribution in [0.15, 0.2) is 42.5 Å². The van der Waals surface area contributed by atoms with E-state index < -0.39 is 6.61 Å². The Kier molecular flexibility index (Phi) is 3.81. The van der Waals surface area contributed by atoms with Crippen molar-refractivity contribution in [2.75, 3.05) is 5.32 Å². The van der Waals surface area contributed by atoms with Gasteiger partial charge in [0.05, 0.1) is 0 Å². The Morgan fingerprint density at radius 3 is 2.73 bits per heavy atom. The van der Waals surface area contributed by atoms with Gasteiger partial charge in [-0.05, 0) is 35.9 Å². The second-order valence-corrected chi connectivity index (χ2v) is 5.03. The lowest BCUT2D eigenvalue weighted by molar-refractivity contribution is -0.110. The minimum atomic E-state index is -2.92. The topological polar surface area (TPSA) is 38.3 Å². The van der Waals surface area contributed by atoms with Gasteiger partial charge in [-0.2, -0.15) is 8.78 Å². The van der Waals surface area contributed by atoms with E-state index in [1.54, 1.807) is 18.2 Å². The number of hydrogen-bond acceptors (Lipinski definition) is 2. The summed E-state index contributed by atoms with van der Waals surface area (Å²) in [4.78, 5) is 12.0. The average Bonchev–Trinajstić information content (AvgIpc) is 2.78. The van der Waals surface area contributed by atoms with Crippen molar-refractivity contribution in [3.8, 4) is 5.75 Å². The maximum atomic E-state index is 12.3. The van der Waals surface area contributed by atoms with Crippen LogP contribution >= 0.6 is 11.6 Å². The highest BCUT2D eigenvalue weighted by atomic mass is 35.5. The number of nitrogens with one attached hydrogen (secondary N) is 1. The molecule has 0 bridgehead atoms. The number of hydrogen-bond donors (Lipinski definition) is 1. The van der Waals surface area contributed by atoms with Crippen LogP contribution in [0.3, 0.4) is 0 Å². The van der Waals surface area contributed by atoms with Crippen molar-refractivity contribution in [2.45, 2.75) is 6.61 Å². The molecule has 3 nitrogen and oxygen atoms in total. The fraction of sp³-hybridized carbons (Fsp3) is 0.0625. The first-order chi connectivity index (χ1) is 10.5. The zero-order valence-corrected chi connectivity index (χ0v) is 11.9. The number of carbonyl (C=O) groups excluding carboxylic acids is 1. The van der Waals surface area contributed by atoms with Crippen LogP contribution < -0.4 is 10.1 Å². The number of benzene rings is 2. The van der Waals surface area contributed by atoms with Crippen LogP contribution in [-0.2, 0) is 4.79 Å². The van der Waals surface area contributed by atoms with Crippen LogP contribution in [0, 0.1) is 0 Å². The summed E-state index contributed by atoms with van der Waals surface area (Å²) < 4.78 is 28.9. The number of ether oxygens (including phenoxy) is 1. The minimum Gasteiger partial charge on any atom is -0.435 e. The summed E-state index contributed by atoms with van der Waals surface area (Å²) in [6.45, 7) is -2.92. The molecule has 0 spiro atoms. The lowest BCUT2D eigenvalue weighted by atomic mass is 10.0. The van der Waals surface area contributed by atoms with Gasteiger partial charge in [0.15, 0.2) is 0 Å². The molecule has 0 aliphatic carbocycles. The molecule has 0 atom stereocenters. The molecule has 1 aliphatic rings. The fourth-order valence-electron chi connectivity index (χ4n) is 2.25. The van der Waals surface area contributed by atoms with E-state index in [2.05, 4.69) is 10.1 Å². The largest absolute Gasteiger partial charge is 0.435 e. The number of amides is 1. The van der Waals surface area contributed by atoms with Crippen LogP contribution in [0.2, 0.25) is 5.02 Å². The molecule has 112 valence electrons. The van der Waals surface area contributed by atoms with Crippen LogP contribution in [0.25, 0.3) is 11.6 Å². The highest BCUT2D eigenvalue weighted by Crippen LogP contribution is 2.34. The molecule has 22 heavy (non-hydrogen) atoms. The summed E-state index contributed by atoms with van der Waals surface area (Å²) in [6.07, 6.45) is 1.56. The molecule has 0 saturated carbocycles. The molecule has 3 rings (SSSR count). The first kappa shape index (κ1) is 14.5. The first-order valence-corrected chi connectivity index (χ1v) is 6.79. The molecule has 0 radical (unpaired) electrons. The summed E-state index contributed by atoms with van der Waals surface area (Å²) >= 11 is 6.07. The maximum Gasteiger partial charge on any atom is 0.387 e. The van der Waals surface area contributed by atoms with E-state index in [1.165, 1.54) is 18.2 Å². The molecule has 0 aromatic heterocycles. The Morgan fingerprint density at radius 1 is 1.18 bits per heavy atom. The zero-order chi connectivity index (χ0) is 15.7. The second-order valence-electron chi connectivity index (χ2n) is 4.62. The number of carbonyl (C=O) groups is 1. The summed E-state index contributed by atoms with van der Waals surface area (Å²) in [5.41, 5.74) is 2.30. The van der Waals surface area contributed by atoms with Gasteiger partial charge in [-0.1, -0.05) is 29.8 Å². The molecule has 0 fully saturated rings. The number of para-hydroxylation sites is 1. The van der Waals surface area contributed by atoms with Crippen LogP contribution in [-0.4, -0.2) is 12.5 Å². The first-order valence-electron chi connectivity index (χ1n) is 6.41. The molecule has 1 amide bonds. The van der Waals surface area contributed by atoms with Gasteiger partial charge in [-0.3, -0.25) is 4.79 Å². The van der Waals surface area contributed by atoms with E-state index in [0.29, 0.717) is 21.8 Å². The van der Waals surface area contributed by atoms with E-state index in [0.717, 1.165) is 5.56 Å². The van der Waals surface area contributed by atoms with E-state index >= 15 is 0 Å². The number of anilines is 1. The molecule has 1 aliphatic heterocycles. The minimum absolute atomic E-state index is 0.0158. The second kappa shape index (κ2) is 5.77. The van der Waals surface area contributed by atoms with Crippen molar-refractivity contribution < 1.29 is 18.3 Å². The van der Waals surface area contributed by atoms with Gasteiger partial charge in [0.1, 0.15) is 5.75 Å². The van der Waals surface area contributed by atoms with E-state index in [9.17, 15) is 13.6 Å². The molecule has 6 heteroatoms. The molecule has 0 saturated heterocycles. The zero-order valence-electron chi connectivity index (χ0n) is 11.1. The third kappa shape index (κ3) is 2.80. The predicted molar refractivity (Wildman–Crippen MR) is 81.0 cm³/mol. The van der Waals surface area contributed by atoms with E-state index in [4.69, 9.17) is 11.6 Å². The van der Waals surface area contributed by atoms with Crippen LogP contribution in [0.4, 0.5) is 14.5 Å². The highest BCUT2D eigenvalue weighted by molar-refractivity contribution is 6.37. The van der Waals surface area contributed by atoms with Crippen molar-refractivity contribution in [2.24, 2.45) is 0 Å². The normalized spacial score (nSPS) is 15.1. The number of rotatable bonds is 3. The van der Waals surface area contributed by atoms with Crippen molar-refractivity contribution in [1.82, 2.24) is 0 Å². The van der Waals surface area contributed by atoms with Gasteiger partial charge in [0.2, 0.25) is 0 Å². The van der Waals surface area contributed by atoms with Crippen LogP contribution in [0.1, 0.15) is 11.1 Å². The van der Waals surface area contributed by atoms with Gasteiger partial charge in [-0.25, -0.2) is 0 Å². The summed E-state index contributed by atoms with van der Waals surface area (Å²) in [5, 5.41) is 3.07. The average molecular weight is 322 g/mol. The third-order valence-electron chi connectivity index (χ3n) is 3.20. The van der Waals surface area contributed by atoms with E-state index in [-0.39, 0.29) is 11.7 Å². The summed E-state index contributed by atoms with van der Waals surface area (Å²) in [6, 6.07) is 11.4. The maximum absolute atomic E-state index is 12.3. The SMILES string of the molecule is O=C1Nc2ccccc2/C1=C/c1cc(OC(F)F)ccc1Cl. The van der Waals surface area contributed by atoms with Gasteiger partial charge in [-0.15, -0.1) is 0 Å².